The van der Waals surface area contributed by atoms with Gasteiger partial charge in [0, 0.05) is 19.6 Å². The van der Waals surface area contributed by atoms with E-state index in [1.165, 1.54) is 11.6 Å². The van der Waals surface area contributed by atoms with Crippen molar-refractivity contribution in [3.63, 3.8) is 0 Å². The van der Waals surface area contributed by atoms with Gasteiger partial charge in [-0.3, -0.25) is 0 Å². The minimum Gasteiger partial charge on any atom is -0.315 e. The summed E-state index contributed by atoms with van der Waals surface area (Å²) in [7, 11) is 2.10. The first-order valence-corrected chi connectivity index (χ1v) is 6.63. The molecule has 0 amide bonds. The van der Waals surface area contributed by atoms with Crippen LogP contribution >= 0.6 is 0 Å². The van der Waals surface area contributed by atoms with Gasteiger partial charge in [0.25, 0.3) is 0 Å². The maximum atomic E-state index is 13.0. The maximum Gasteiger partial charge on any atom is 0.123 e. The number of hydrogen-bond donors (Lipinski definition) is 1. The van der Waals surface area contributed by atoms with Crippen molar-refractivity contribution in [3.8, 4) is 0 Å². The predicted octanol–water partition coefficient (Wildman–Crippen LogP) is 2.81. The number of rotatable bonds is 7. The standard InChI is InChI=1S/C15H25FN2/c1-12(2)10-17-7-8-18(4)11-14-5-6-15(16)9-13(14)3/h5-6,9,12,17H,7-8,10-11H2,1-4H3. The van der Waals surface area contributed by atoms with Crippen LogP contribution in [0.2, 0.25) is 0 Å². The fraction of sp³-hybridized carbons (Fsp3) is 0.600. The van der Waals surface area contributed by atoms with Crippen LogP contribution in [-0.2, 0) is 6.54 Å². The Morgan fingerprint density at radius 1 is 1.33 bits per heavy atom. The molecule has 0 saturated heterocycles. The van der Waals surface area contributed by atoms with Crippen LogP contribution in [0.5, 0.6) is 0 Å². The molecule has 0 aromatic heterocycles. The largest absolute Gasteiger partial charge is 0.315 e. The predicted molar refractivity (Wildman–Crippen MR) is 75.2 cm³/mol. The lowest BCUT2D eigenvalue weighted by atomic mass is 10.1. The second kappa shape index (κ2) is 7.49. The van der Waals surface area contributed by atoms with E-state index in [4.69, 9.17) is 0 Å². The van der Waals surface area contributed by atoms with Gasteiger partial charge in [-0.05, 0) is 49.7 Å². The molecule has 0 atom stereocenters. The molecule has 0 unspecified atom stereocenters. The lowest BCUT2D eigenvalue weighted by Crippen LogP contribution is -2.31. The van der Waals surface area contributed by atoms with E-state index < -0.39 is 0 Å². The van der Waals surface area contributed by atoms with Gasteiger partial charge >= 0.3 is 0 Å². The van der Waals surface area contributed by atoms with Gasteiger partial charge in [0.1, 0.15) is 5.82 Å². The molecule has 1 rings (SSSR count). The SMILES string of the molecule is Cc1cc(F)ccc1CN(C)CCNCC(C)C. The third-order valence-electron chi connectivity index (χ3n) is 2.97. The molecule has 18 heavy (non-hydrogen) atoms. The molecule has 3 heteroatoms. The van der Waals surface area contributed by atoms with E-state index in [0.717, 1.165) is 31.7 Å². The first-order valence-electron chi connectivity index (χ1n) is 6.63. The van der Waals surface area contributed by atoms with Crippen LogP contribution in [0, 0.1) is 18.7 Å². The first-order chi connectivity index (χ1) is 8.49. The van der Waals surface area contributed by atoms with Gasteiger partial charge in [0.2, 0.25) is 0 Å². The number of aryl methyl sites for hydroxylation is 1. The summed E-state index contributed by atoms with van der Waals surface area (Å²) < 4.78 is 13.0. The van der Waals surface area contributed by atoms with E-state index in [-0.39, 0.29) is 5.82 Å². The van der Waals surface area contributed by atoms with Crippen molar-refractivity contribution in [2.75, 3.05) is 26.7 Å². The van der Waals surface area contributed by atoms with Crippen molar-refractivity contribution in [2.45, 2.75) is 27.3 Å². The summed E-state index contributed by atoms with van der Waals surface area (Å²) in [6, 6.07) is 5.01. The fourth-order valence-electron chi connectivity index (χ4n) is 1.87. The third kappa shape index (κ3) is 5.61. The quantitative estimate of drug-likeness (QED) is 0.751. The number of halogens is 1. The lowest BCUT2D eigenvalue weighted by molar-refractivity contribution is 0.321. The Kier molecular flexibility index (Phi) is 6.30. The Hall–Kier alpha value is -0.930. The second-order valence-corrected chi connectivity index (χ2v) is 5.41. The van der Waals surface area contributed by atoms with E-state index in [0.29, 0.717) is 5.92 Å². The van der Waals surface area contributed by atoms with Crippen LogP contribution in [0.1, 0.15) is 25.0 Å². The molecule has 1 N–H and O–H groups in total. The highest BCUT2D eigenvalue weighted by Crippen LogP contribution is 2.11. The molecule has 0 bridgehead atoms. The van der Waals surface area contributed by atoms with E-state index >= 15 is 0 Å². The van der Waals surface area contributed by atoms with Crippen molar-refractivity contribution in [3.05, 3.63) is 35.1 Å². The number of likely N-dealkylation sites (N-methyl/N-ethyl adjacent to an activating group) is 1. The fourth-order valence-corrected chi connectivity index (χ4v) is 1.87. The van der Waals surface area contributed by atoms with Crippen molar-refractivity contribution < 1.29 is 4.39 Å². The summed E-state index contributed by atoms with van der Waals surface area (Å²) in [5, 5.41) is 3.42. The van der Waals surface area contributed by atoms with Crippen molar-refractivity contribution in [1.29, 1.82) is 0 Å². The molecule has 0 aliphatic heterocycles. The van der Waals surface area contributed by atoms with Crippen LogP contribution < -0.4 is 5.32 Å². The molecule has 0 fully saturated rings. The highest BCUT2D eigenvalue weighted by Gasteiger charge is 2.04. The van der Waals surface area contributed by atoms with E-state index in [9.17, 15) is 4.39 Å². The van der Waals surface area contributed by atoms with Gasteiger partial charge in [-0.15, -0.1) is 0 Å². The Bertz CT molecular complexity index is 364. The number of nitrogens with one attached hydrogen (secondary N) is 1. The Morgan fingerprint density at radius 3 is 2.67 bits per heavy atom. The number of benzene rings is 1. The highest BCUT2D eigenvalue weighted by molar-refractivity contribution is 5.26. The minimum atomic E-state index is -0.155. The van der Waals surface area contributed by atoms with Gasteiger partial charge in [0.05, 0.1) is 0 Å². The van der Waals surface area contributed by atoms with Crippen LogP contribution in [0.3, 0.4) is 0 Å². The molecule has 102 valence electrons. The van der Waals surface area contributed by atoms with Gasteiger partial charge < -0.3 is 10.2 Å². The van der Waals surface area contributed by atoms with Crippen LogP contribution in [0.4, 0.5) is 4.39 Å². The normalized spacial score (nSPS) is 11.5. The molecule has 1 aromatic rings. The summed E-state index contributed by atoms with van der Waals surface area (Å²) in [4.78, 5) is 2.26. The minimum absolute atomic E-state index is 0.155. The first kappa shape index (κ1) is 15.1. The molecule has 0 spiro atoms. The van der Waals surface area contributed by atoms with Crippen molar-refractivity contribution in [1.82, 2.24) is 10.2 Å². The van der Waals surface area contributed by atoms with Crippen molar-refractivity contribution in [2.24, 2.45) is 5.92 Å². The molecule has 0 saturated carbocycles. The molecular weight excluding hydrogens is 227 g/mol. The van der Waals surface area contributed by atoms with Gasteiger partial charge in [0.15, 0.2) is 0 Å². The van der Waals surface area contributed by atoms with Gasteiger partial charge in [-0.2, -0.15) is 0 Å². The molecule has 0 aliphatic rings. The van der Waals surface area contributed by atoms with E-state index in [1.54, 1.807) is 6.07 Å². The highest BCUT2D eigenvalue weighted by atomic mass is 19.1. The molecule has 0 heterocycles. The molecule has 1 aromatic carbocycles. The molecule has 0 radical (unpaired) electrons. The number of hydrogen-bond acceptors (Lipinski definition) is 2. The summed E-state index contributed by atoms with van der Waals surface area (Å²) in [6.07, 6.45) is 0. The number of nitrogens with zero attached hydrogens (tertiary/aromatic N) is 1. The van der Waals surface area contributed by atoms with E-state index in [1.807, 2.05) is 13.0 Å². The second-order valence-electron chi connectivity index (χ2n) is 5.41. The molecule has 0 aliphatic carbocycles. The maximum absolute atomic E-state index is 13.0. The Labute approximate surface area is 110 Å². The Morgan fingerprint density at radius 2 is 2.06 bits per heavy atom. The summed E-state index contributed by atoms with van der Waals surface area (Å²) >= 11 is 0. The molecule has 2 nitrogen and oxygen atoms in total. The van der Waals surface area contributed by atoms with Crippen LogP contribution in [-0.4, -0.2) is 31.6 Å². The summed E-state index contributed by atoms with van der Waals surface area (Å²) in [5.41, 5.74) is 2.22. The van der Waals surface area contributed by atoms with Crippen LogP contribution in [0.15, 0.2) is 18.2 Å². The average molecular weight is 252 g/mol. The Balaban J connectivity index is 2.33. The zero-order chi connectivity index (χ0) is 13.5. The zero-order valence-corrected chi connectivity index (χ0v) is 12.0. The van der Waals surface area contributed by atoms with Crippen LogP contribution in [0.25, 0.3) is 0 Å². The van der Waals surface area contributed by atoms with Crippen molar-refractivity contribution >= 4 is 0 Å². The van der Waals surface area contributed by atoms with E-state index in [2.05, 4.69) is 31.1 Å². The average Bonchev–Trinajstić information content (AvgIpc) is 2.28. The van der Waals surface area contributed by atoms with Gasteiger partial charge in [-0.1, -0.05) is 19.9 Å². The lowest BCUT2D eigenvalue weighted by Gasteiger charge is -2.18. The zero-order valence-electron chi connectivity index (χ0n) is 12.0. The van der Waals surface area contributed by atoms with Gasteiger partial charge in [-0.25, -0.2) is 4.39 Å². The topological polar surface area (TPSA) is 15.3 Å². The third-order valence-corrected chi connectivity index (χ3v) is 2.97. The smallest absolute Gasteiger partial charge is 0.123 e. The molecular formula is C15H25FN2. The summed E-state index contributed by atoms with van der Waals surface area (Å²) in [6.45, 7) is 10.3. The monoisotopic (exact) mass is 252 g/mol. The summed E-state index contributed by atoms with van der Waals surface area (Å²) in [5.74, 6) is 0.534.